The average molecular weight is 343 g/mol. The van der Waals surface area contributed by atoms with Gasteiger partial charge in [0.1, 0.15) is 11.5 Å². The number of amides is 1. The second kappa shape index (κ2) is 7.06. The van der Waals surface area contributed by atoms with Gasteiger partial charge in [0, 0.05) is 6.54 Å². The predicted molar refractivity (Wildman–Crippen MR) is 92.3 cm³/mol. The molecule has 2 aliphatic carbocycles. The summed E-state index contributed by atoms with van der Waals surface area (Å²) in [5, 5.41) is 2.86. The number of carbonyl (C=O) groups excluding carboxylic acids is 2. The Hall–Kier alpha value is -2.04. The van der Waals surface area contributed by atoms with Crippen LogP contribution in [0.1, 0.15) is 44.9 Å². The molecule has 3 aliphatic rings. The SMILES string of the molecule is O=C(Oc1ccc(O[C@H]2CCCCNC2=O)cc1)C1[C@@H]2CCCC[C@@H]12. The number of ether oxygens (including phenoxy) is 2. The van der Waals surface area contributed by atoms with E-state index in [1.807, 2.05) is 0 Å². The third-order valence-electron chi connectivity index (χ3n) is 5.73. The number of rotatable bonds is 4. The lowest BCUT2D eigenvalue weighted by Gasteiger charge is -2.16. The number of hydrogen-bond donors (Lipinski definition) is 1. The molecule has 1 amide bonds. The number of esters is 1. The first-order valence-electron chi connectivity index (χ1n) is 9.48. The van der Waals surface area contributed by atoms with Crippen molar-refractivity contribution in [1.82, 2.24) is 5.32 Å². The van der Waals surface area contributed by atoms with Crippen LogP contribution in [-0.2, 0) is 9.59 Å². The van der Waals surface area contributed by atoms with Crippen LogP contribution >= 0.6 is 0 Å². The Morgan fingerprint density at radius 3 is 2.28 bits per heavy atom. The molecule has 5 nitrogen and oxygen atoms in total. The lowest BCUT2D eigenvalue weighted by molar-refractivity contribution is -0.136. The first-order valence-corrected chi connectivity index (χ1v) is 9.48. The van der Waals surface area contributed by atoms with E-state index in [1.165, 1.54) is 25.7 Å². The van der Waals surface area contributed by atoms with Crippen molar-refractivity contribution in [3.05, 3.63) is 24.3 Å². The van der Waals surface area contributed by atoms with E-state index in [0.717, 1.165) is 25.8 Å². The fourth-order valence-electron chi connectivity index (χ4n) is 4.30. The van der Waals surface area contributed by atoms with Gasteiger partial charge in [-0.1, -0.05) is 12.8 Å². The maximum absolute atomic E-state index is 12.3. The van der Waals surface area contributed by atoms with Gasteiger partial charge >= 0.3 is 5.97 Å². The largest absolute Gasteiger partial charge is 0.481 e. The molecule has 1 N–H and O–H groups in total. The van der Waals surface area contributed by atoms with E-state index >= 15 is 0 Å². The fourth-order valence-corrected chi connectivity index (χ4v) is 4.30. The Morgan fingerprint density at radius 1 is 0.920 bits per heavy atom. The number of carbonyl (C=O) groups is 2. The van der Waals surface area contributed by atoms with Crippen LogP contribution in [0.2, 0.25) is 0 Å². The molecule has 0 radical (unpaired) electrons. The van der Waals surface area contributed by atoms with E-state index in [0.29, 0.717) is 23.3 Å². The number of nitrogens with one attached hydrogen (secondary N) is 1. The van der Waals surface area contributed by atoms with E-state index < -0.39 is 6.10 Å². The topological polar surface area (TPSA) is 64.6 Å². The molecule has 3 atom stereocenters. The van der Waals surface area contributed by atoms with Gasteiger partial charge in [0.2, 0.25) is 0 Å². The predicted octanol–water partition coefficient (Wildman–Crippen LogP) is 3.08. The van der Waals surface area contributed by atoms with Crippen molar-refractivity contribution in [3.8, 4) is 11.5 Å². The van der Waals surface area contributed by atoms with Crippen LogP contribution in [-0.4, -0.2) is 24.5 Å². The highest BCUT2D eigenvalue weighted by Gasteiger charge is 2.55. The second-order valence-corrected chi connectivity index (χ2v) is 7.42. The molecule has 1 heterocycles. The first kappa shape index (κ1) is 16.4. The zero-order valence-electron chi connectivity index (χ0n) is 14.4. The van der Waals surface area contributed by atoms with Gasteiger partial charge in [-0.25, -0.2) is 0 Å². The molecule has 0 bridgehead atoms. The van der Waals surface area contributed by atoms with E-state index in [1.54, 1.807) is 24.3 Å². The summed E-state index contributed by atoms with van der Waals surface area (Å²) in [7, 11) is 0. The Balaban J connectivity index is 1.32. The van der Waals surface area contributed by atoms with Crippen molar-refractivity contribution in [2.24, 2.45) is 17.8 Å². The molecule has 5 heteroatoms. The minimum absolute atomic E-state index is 0.0515. The Labute approximate surface area is 148 Å². The molecular formula is C20H25NO4. The Morgan fingerprint density at radius 2 is 1.56 bits per heavy atom. The highest BCUT2D eigenvalue weighted by molar-refractivity contribution is 5.81. The van der Waals surface area contributed by atoms with Crippen LogP contribution < -0.4 is 14.8 Å². The summed E-state index contributed by atoms with van der Waals surface area (Å²) in [6.07, 6.45) is 7.07. The van der Waals surface area contributed by atoms with Crippen molar-refractivity contribution >= 4 is 11.9 Å². The van der Waals surface area contributed by atoms with Crippen LogP contribution in [0, 0.1) is 17.8 Å². The molecule has 0 spiro atoms. The number of benzene rings is 1. The van der Waals surface area contributed by atoms with E-state index in [2.05, 4.69) is 5.32 Å². The molecule has 2 saturated carbocycles. The maximum Gasteiger partial charge on any atom is 0.314 e. The summed E-state index contributed by atoms with van der Waals surface area (Å²) >= 11 is 0. The normalized spacial score (nSPS) is 31.3. The quantitative estimate of drug-likeness (QED) is 0.674. The molecule has 1 aromatic rings. The molecular weight excluding hydrogens is 318 g/mol. The van der Waals surface area contributed by atoms with Crippen LogP contribution in [0.4, 0.5) is 0 Å². The lowest BCUT2D eigenvalue weighted by atomic mass is 10.0. The third-order valence-corrected chi connectivity index (χ3v) is 5.73. The first-order chi connectivity index (χ1) is 12.2. The monoisotopic (exact) mass is 343 g/mol. The van der Waals surface area contributed by atoms with E-state index in [-0.39, 0.29) is 17.8 Å². The molecule has 1 aromatic carbocycles. The zero-order valence-corrected chi connectivity index (χ0v) is 14.4. The Bertz CT molecular complexity index is 630. The smallest absolute Gasteiger partial charge is 0.314 e. The summed E-state index contributed by atoms with van der Waals surface area (Å²) in [6.45, 7) is 0.719. The van der Waals surface area contributed by atoms with Gasteiger partial charge in [-0.2, -0.15) is 0 Å². The van der Waals surface area contributed by atoms with Gasteiger partial charge < -0.3 is 14.8 Å². The number of hydrogen-bond acceptors (Lipinski definition) is 4. The molecule has 0 unspecified atom stereocenters. The second-order valence-electron chi connectivity index (χ2n) is 7.42. The summed E-state index contributed by atoms with van der Waals surface area (Å²) < 4.78 is 11.3. The van der Waals surface area contributed by atoms with E-state index in [9.17, 15) is 9.59 Å². The summed E-state index contributed by atoms with van der Waals surface area (Å²) in [5.41, 5.74) is 0. The van der Waals surface area contributed by atoms with Gasteiger partial charge in [0.25, 0.3) is 5.91 Å². The van der Waals surface area contributed by atoms with Crippen LogP contribution in [0.5, 0.6) is 11.5 Å². The summed E-state index contributed by atoms with van der Waals surface area (Å²) in [5.74, 6) is 2.25. The van der Waals surface area contributed by atoms with Gasteiger partial charge in [0.15, 0.2) is 6.10 Å². The summed E-state index contributed by atoms with van der Waals surface area (Å²) in [4.78, 5) is 24.2. The standard InChI is InChI=1S/C20H25NO4/c22-19-17(7-3-4-12-21-19)24-13-8-10-14(11-9-13)25-20(23)18-15-5-1-2-6-16(15)18/h8-11,15-18H,1-7,12H2,(H,21,22)/t15-,16-,17+/m1/s1. The molecule has 4 rings (SSSR count). The van der Waals surface area contributed by atoms with Crippen molar-refractivity contribution in [2.75, 3.05) is 6.54 Å². The molecule has 1 aliphatic heterocycles. The van der Waals surface area contributed by atoms with Crippen molar-refractivity contribution in [3.63, 3.8) is 0 Å². The average Bonchev–Trinajstić information content (AvgIpc) is 3.38. The molecule has 25 heavy (non-hydrogen) atoms. The third kappa shape index (κ3) is 3.65. The van der Waals surface area contributed by atoms with Crippen molar-refractivity contribution in [1.29, 1.82) is 0 Å². The van der Waals surface area contributed by atoms with Gasteiger partial charge in [0.05, 0.1) is 5.92 Å². The minimum atomic E-state index is -0.439. The molecule has 0 aromatic heterocycles. The highest BCUT2D eigenvalue weighted by atomic mass is 16.5. The molecule has 3 fully saturated rings. The van der Waals surface area contributed by atoms with Crippen LogP contribution in [0.15, 0.2) is 24.3 Å². The van der Waals surface area contributed by atoms with Crippen molar-refractivity contribution < 1.29 is 19.1 Å². The van der Waals surface area contributed by atoms with Gasteiger partial charge in [-0.15, -0.1) is 0 Å². The highest BCUT2D eigenvalue weighted by Crippen LogP contribution is 2.55. The Kier molecular flexibility index (Phi) is 4.64. The number of fused-ring (bicyclic) bond motifs is 1. The van der Waals surface area contributed by atoms with Crippen LogP contribution in [0.3, 0.4) is 0 Å². The fraction of sp³-hybridized carbons (Fsp3) is 0.600. The zero-order chi connectivity index (χ0) is 17.2. The minimum Gasteiger partial charge on any atom is -0.481 e. The molecule has 134 valence electrons. The van der Waals surface area contributed by atoms with Crippen LogP contribution in [0.25, 0.3) is 0 Å². The van der Waals surface area contributed by atoms with Gasteiger partial charge in [-0.05, 0) is 68.2 Å². The van der Waals surface area contributed by atoms with Gasteiger partial charge in [-0.3, -0.25) is 9.59 Å². The van der Waals surface area contributed by atoms with Crippen molar-refractivity contribution in [2.45, 2.75) is 51.0 Å². The van der Waals surface area contributed by atoms with E-state index in [4.69, 9.17) is 9.47 Å². The maximum atomic E-state index is 12.3. The molecule has 1 saturated heterocycles. The lowest BCUT2D eigenvalue weighted by Crippen LogP contribution is -2.36. The summed E-state index contributed by atoms with van der Waals surface area (Å²) in [6, 6.07) is 7.02.